The van der Waals surface area contributed by atoms with Crippen molar-refractivity contribution in [2.24, 2.45) is 0 Å². The minimum Gasteiger partial charge on any atom is -0.371 e. The quantitative estimate of drug-likeness (QED) is 0.865. The van der Waals surface area contributed by atoms with E-state index >= 15 is 0 Å². The molecule has 29 heavy (non-hydrogen) atoms. The second kappa shape index (κ2) is 7.78. The molecule has 2 aromatic rings. The van der Waals surface area contributed by atoms with E-state index in [0.717, 1.165) is 81.4 Å². The highest BCUT2D eigenvalue weighted by atomic mass is 16.2. The largest absolute Gasteiger partial charge is 0.371 e. The van der Waals surface area contributed by atoms with Crippen molar-refractivity contribution in [1.29, 1.82) is 0 Å². The molecule has 7 heteroatoms. The van der Waals surface area contributed by atoms with Gasteiger partial charge >= 0.3 is 0 Å². The van der Waals surface area contributed by atoms with E-state index in [1.54, 1.807) is 0 Å². The van der Waals surface area contributed by atoms with Crippen LogP contribution in [0.15, 0.2) is 18.2 Å². The van der Waals surface area contributed by atoms with Crippen molar-refractivity contribution in [3.8, 4) is 0 Å². The summed E-state index contributed by atoms with van der Waals surface area (Å²) in [5.41, 5.74) is 3.19. The van der Waals surface area contributed by atoms with Gasteiger partial charge in [0.2, 0.25) is 0 Å². The Labute approximate surface area is 172 Å². The van der Waals surface area contributed by atoms with Crippen LogP contribution in [-0.2, 0) is 13.1 Å². The van der Waals surface area contributed by atoms with Crippen molar-refractivity contribution in [1.82, 2.24) is 25.0 Å². The van der Waals surface area contributed by atoms with Crippen molar-refractivity contribution in [3.63, 3.8) is 0 Å². The molecule has 1 amide bonds. The van der Waals surface area contributed by atoms with Gasteiger partial charge in [-0.1, -0.05) is 6.07 Å². The number of amides is 1. The van der Waals surface area contributed by atoms with Crippen LogP contribution in [0, 0.1) is 6.92 Å². The van der Waals surface area contributed by atoms with Crippen LogP contribution in [0.4, 0.5) is 5.69 Å². The summed E-state index contributed by atoms with van der Waals surface area (Å²) in [5.74, 6) is 2.51. The van der Waals surface area contributed by atoms with Gasteiger partial charge in [0.15, 0.2) is 0 Å². The fourth-order valence-electron chi connectivity index (χ4n) is 5.12. The molecule has 3 aliphatic rings. The fourth-order valence-corrected chi connectivity index (χ4v) is 5.12. The minimum absolute atomic E-state index is 0.160. The Morgan fingerprint density at radius 1 is 1.10 bits per heavy atom. The molecule has 4 heterocycles. The molecule has 2 fully saturated rings. The van der Waals surface area contributed by atoms with Gasteiger partial charge in [-0.05, 0) is 50.3 Å². The highest BCUT2D eigenvalue weighted by Gasteiger charge is 2.31. The monoisotopic (exact) mass is 394 g/mol. The van der Waals surface area contributed by atoms with E-state index in [1.165, 1.54) is 18.5 Å². The average molecular weight is 395 g/mol. The van der Waals surface area contributed by atoms with Gasteiger partial charge in [-0.25, -0.2) is 0 Å². The topological polar surface area (TPSA) is 66.3 Å². The number of nitrogens with zero attached hydrogens (tertiary/aromatic N) is 5. The Morgan fingerprint density at radius 3 is 2.83 bits per heavy atom. The summed E-state index contributed by atoms with van der Waals surface area (Å²) in [6.07, 6.45) is 4.57. The predicted octanol–water partition coefficient (Wildman–Crippen LogP) is 2.31. The molecule has 2 saturated heterocycles. The number of nitrogens with one attached hydrogen (secondary N) is 1. The standard InChI is InChI=1S/C22H30N6O/c1-16-18(7-4-8-19(16)26-10-2-3-11-26)22(29)27-12-5-6-17(15-27)21-25-24-20-14-23-9-13-28(20)21/h4,7-8,17,23H,2-3,5-6,9-15H2,1H3/t17-/m1/s1. The molecule has 1 aromatic carbocycles. The molecular weight excluding hydrogens is 364 g/mol. The van der Waals surface area contributed by atoms with E-state index in [9.17, 15) is 4.79 Å². The number of hydrogen-bond acceptors (Lipinski definition) is 5. The zero-order valence-electron chi connectivity index (χ0n) is 17.2. The first kappa shape index (κ1) is 18.6. The lowest BCUT2D eigenvalue weighted by atomic mass is 9.95. The van der Waals surface area contributed by atoms with E-state index in [-0.39, 0.29) is 11.8 Å². The number of carbonyl (C=O) groups is 1. The van der Waals surface area contributed by atoms with Gasteiger partial charge in [0.05, 0.1) is 6.54 Å². The zero-order valence-corrected chi connectivity index (χ0v) is 17.2. The van der Waals surface area contributed by atoms with Crippen molar-refractivity contribution >= 4 is 11.6 Å². The third-order valence-electron chi connectivity index (χ3n) is 6.71. The van der Waals surface area contributed by atoms with Crippen LogP contribution in [0.25, 0.3) is 0 Å². The zero-order chi connectivity index (χ0) is 19.8. The normalized spacial score (nSPS) is 22.0. The third kappa shape index (κ3) is 3.41. The van der Waals surface area contributed by atoms with E-state index < -0.39 is 0 Å². The van der Waals surface area contributed by atoms with Gasteiger partial charge in [0, 0.05) is 56.4 Å². The average Bonchev–Trinajstić information content (AvgIpc) is 3.44. The van der Waals surface area contributed by atoms with Crippen LogP contribution in [0.2, 0.25) is 0 Å². The highest BCUT2D eigenvalue weighted by molar-refractivity contribution is 5.97. The number of likely N-dealkylation sites (tertiary alicyclic amines) is 1. The minimum atomic E-state index is 0.160. The molecule has 0 spiro atoms. The second-order valence-corrected chi connectivity index (χ2v) is 8.54. The van der Waals surface area contributed by atoms with E-state index in [1.807, 2.05) is 17.0 Å². The maximum Gasteiger partial charge on any atom is 0.254 e. The number of fused-ring (bicyclic) bond motifs is 1. The van der Waals surface area contributed by atoms with Crippen LogP contribution in [0.3, 0.4) is 0 Å². The highest BCUT2D eigenvalue weighted by Crippen LogP contribution is 2.30. The van der Waals surface area contributed by atoms with Gasteiger partial charge in [-0.3, -0.25) is 4.79 Å². The van der Waals surface area contributed by atoms with Crippen LogP contribution in [-0.4, -0.2) is 58.3 Å². The second-order valence-electron chi connectivity index (χ2n) is 8.54. The lowest BCUT2D eigenvalue weighted by Gasteiger charge is -2.33. The molecule has 0 aliphatic carbocycles. The number of carbonyl (C=O) groups excluding carboxylic acids is 1. The lowest BCUT2D eigenvalue weighted by molar-refractivity contribution is 0.0702. The van der Waals surface area contributed by atoms with Gasteiger partial charge in [0.1, 0.15) is 11.6 Å². The summed E-state index contributed by atoms with van der Waals surface area (Å²) in [6.45, 7) is 8.50. The van der Waals surface area contributed by atoms with Crippen LogP contribution < -0.4 is 10.2 Å². The summed E-state index contributed by atoms with van der Waals surface area (Å²) < 4.78 is 2.26. The fraction of sp³-hybridized carbons (Fsp3) is 0.591. The van der Waals surface area contributed by atoms with E-state index in [2.05, 4.69) is 38.0 Å². The Balaban J connectivity index is 1.36. The molecule has 5 rings (SSSR count). The molecular formula is C22H30N6O. The molecule has 0 radical (unpaired) electrons. The molecule has 1 aromatic heterocycles. The van der Waals surface area contributed by atoms with Crippen molar-refractivity contribution < 1.29 is 4.79 Å². The Morgan fingerprint density at radius 2 is 1.97 bits per heavy atom. The van der Waals surface area contributed by atoms with Gasteiger partial charge < -0.3 is 19.7 Å². The predicted molar refractivity (Wildman–Crippen MR) is 112 cm³/mol. The van der Waals surface area contributed by atoms with Crippen molar-refractivity contribution in [3.05, 3.63) is 41.0 Å². The molecule has 0 unspecified atom stereocenters. The Kier molecular flexibility index (Phi) is 4.99. The summed E-state index contributed by atoms with van der Waals surface area (Å²) in [7, 11) is 0. The Bertz CT molecular complexity index is 901. The molecule has 154 valence electrons. The Hall–Kier alpha value is -2.41. The van der Waals surface area contributed by atoms with Crippen molar-refractivity contribution in [2.45, 2.75) is 51.6 Å². The number of piperidine rings is 1. The molecule has 1 atom stereocenters. The van der Waals surface area contributed by atoms with Crippen LogP contribution in [0.5, 0.6) is 0 Å². The number of hydrogen-bond donors (Lipinski definition) is 1. The van der Waals surface area contributed by atoms with E-state index in [0.29, 0.717) is 0 Å². The summed E-state index contributed by atoms with van der Waals surface area (Å²) in [6, 6.07) is 6.19. The first-order chi connectivity index (χ1) is 14.2. The summed E-state index contributed by atoms with van der Waals surface area (Å²) in [4.78, 5) is 17.9. The maximum atomic E-state index is 13.4. The lowest BCUT2D eigenvalue weighted by Crippen LogP contribution is -2.40. The van der Waals surface area contributed by atoms with Gasteiger partial charge in [0.25, 0.3) is 5.91 Å². The third-order valence-corrected chi connectivity index (χ3v) is 6.71. The first-order valence-corrected chi connectivity index (χ1v) is 11.0. The smallest absolute Gasteiger partial charge is 0.254 e. The molecule has 0 saturated carbocycles. The number of rotatable bonds is 3. The van der Waals surface area contributed by atoms with Crippen molar-refractivity contribution in [2.75, 3.05) is 37.6 Å². The number of aromatic nitrogens is 3. The summed E-state index contributed by atoms with van der Waals surface area (Å²) in [5, 5.41) is 12.2. The van der Waals surface area contributed by atoms with Gasteiger partial charge in [-0.15, -0.1) is 10.2 Å². The number of benzene rings is 1. The van der Waals surface area contributed by atoms with E-state index in [4.69, 9.17) is 0 Å². The number of anilines is 1. The molecule has 3 aliphatic heterocycles. The van der Waals surface area contributed by atoms with Gasteiger partial charge in [-0.2, -0.15) is 0 Å². The maximum absolute atomic E-state index is 13.4. The molecule has 0 bridgehead atoms. The molecule has 1 N–H and O–H groups in total. The van der Waals surface area contributed by atoms with Crippen LogP contribution in [0.1, 0.15) is 59.2 Å². The van der Waals surface area contributed by atoms with Crippen LogP contribution >= 0.6 is 0 Å². The SMILES string of the molecule is Cc1c(C(=O)N2CCC[C@@H](c3nnc4n3CCNC4)C2)cccc1N1CCCC1. The molecule has 7 nitrogen and oxygen atoms in total. The summed E-state index contributed by atoms with van der Waals surface area (Å²) >= 11 is 0. The first-order valence-electron chi connectivity index (χ1n) is 11.0.